The zero-order valence-electron chi connectivity index (χ0n) is 16.2. The molecule has 0 aliphatic carbocycles. The van der Waals surface area contributed by atoms with Crippen LogP contribution in [0.5, 0.6) is 0 Å². The highest BCUT2D eigenvalue weighted by atomic mass is 35.5. The second-order valence-electron chi connectivity index (χ2n) is 6.96. The Labute approximate surface area is 172 Å². The number of rotatable bonds is 5. The summed E-state index contributed by atoms with van der Waals surface area (Å²) in [5, 5.41) is 0. The zero-order chi connectivity index (χ0) is 19.2. The maximum atomic E-state index is 12.6. The van der Waals surface area contributed by atoms with Crippen LogP contribution >= 0.6 is 12.4 Å². The fourth-order valence-corrected chi connectivity index (χ4v) is 3.39. The number of benzene rings is 2. The van der Waals surface area contributed by atoms with Gasteiger partial charge in [0.1, 0.15) is 0 Å². The molecule has 1 aliphatic rings. The van der Waals surface area contributed by atoms with Crippen molar-refractivity contribution in [3.8, 4) is 0 Å². The Morgan fingerprint density at radius 1 is 0.893 bits per heavy atom. The number of piperazine rings is 1. The van der Waals surface area contributed by atoms with Gasteiger partial charge in [0.25, 0.3) is 5.91 Å². The molecule has 2 N–H and O–H groups in total. The molecule has 3 rings (SSSR count). The van der Waals surface area contributed by atoms with E-state index in [2.05, 4.69) is 6.92 Å². The van der Waals surface area contributed by atoms with Crippen LogP contribution in [0.4, 0.5) is 0 Å². The van der Waals surface area contributed by atoms with E-state index in [0.29, 0.717) is 38.2 Å². The van der Waals surface area contributed by atoms with Crippen molar-refractivity contribution in [3.05, 3.63) is 71.3 Å². The molecule has 2 aromatic rings. The lowest BCUT2D eigenvalue weighted by atomic mass is 10.1. The number of halogens is 1. The third-order valence-corrected chi connectivity index (χ3v) is 5.10. The first kappa shape index (κ1) is 21.9. The molecule has 0 saturated carbocycles. The Bertz CT molecular complexity index is 772. The van der Waals surface area contributed by atoms with Crippen molar-refractivity contribution in [1.82, 2.24) is 9.80 Å². The highest BCUT2D eigenvalue weighted by molar-refractivity contribution is 5.94. The number of aryl methyl sites for hydroxylation is 1. The molecule has 2 amide bonds. The molecule has 1 heterocycles. The molecule has 1 saturated heterocycles. The molecule has 1 fully saturated rings. The monoisotopic (exact) mass is 401 g/mol. The summed E-state index contributed by atoms with van der Waals surface area (Å²) in [6.45, 7) is 4.23. The Kier molecular flexibility index (Phi) is 8.03. The van der Waals surface area contributed by atoms with Gasteiger partial charge in [-0.25, -0.2) is 0 Å². The lowest BCUT2D eigenvalue weighted by Gasteiger charge is -2.36. The van der Waals surface area contributed by atoms with Gasteiger partial charge in [-0.1, -0.05) is 49.4 Å². The van der Waals surface area contributed by atoms with Gasteiger partial charge in [0.2, 0.25) is 5.91 Å². The number of nitrogens with zero attached hydrogens (tertiary/aromatic N) is 2. The number of amides is 2. The van der Waals surface area contributed by atoms with Crippen molar-refractivity contribution < 1.29 is 9.59 Å². The third-order valence-electron chi connectivity index (χ3n) is 5.10. The molecule has 0 radical (unpaired) electrons. The van der Waals surface area contributed by atoms with E-state index in [1.54, 1.807) is 4.90 Å². The molecule has 6 heteroatoms. The number of nitrogens with two attached hydrogens (primary N) is 1. The van der Waals surface area contributed by atoms with Gasteiger partial charge in [0, 0.05) is 31.7 Å². The largest absolute Gasteiger partial charge is 0.338 e. The molecule has 0 aromatic heterocycles. The minimum absolute atomic E-state index is 0. The Morgan fingerprint density at radius 2 is 1.46 bits per heavy atom. The van der Waals surface area contributed by atoms with Crippen LogP contribution in [-0.2, 0) is 17.6 Å². The van der Waals surface area contributed by atoms with Gasteiger partial charge >= 0.3 is 0 Å². The summed E-state index contributed by atoms with van der Waals surface area (Å²) < 4.78 is 0. The minimum atomic E-state index is -0.545. The molecule has 0 bridgehead atoms. The maximum absolute atomic E-state index is 12.6. The molecule has 28 heavy (non-hydrogen) atoms. The molecule has 2 aromatic carbocycles. The summed E-state index contributed by atoms with van der Waals surface area (Å²) in [6, 6.07) is 17.0. The van der Waals surface area contributed by atoms with Crippen LogP contribution in [0.2, 0.25) is 0 Å². The number of hydrogen-bond acceptors (Lipinski definition) is 3. The van der Waals surface area contributed by atoms with Crippen molar-refractivity contribution in [1.29, 1.82) is 0 Å². The van der Waals surface area contributed by atoms with E-state index >= 15 is 0 Å². The summed E-state index contributed by atoms with van der Waals surface area (Å²) in [6.07, 6.45) is 1.49. The predicted octanol–water partition coefficient (Wildman–Crippen LogP) is 2.53. The minimum Gasteiger partial charge on any atom is -0.338 e. The standard InChI is InChI=1S/C22H27N3O2.ClH/c1-2-17-8-10-19(11-9-17)21(26)24-12-14-25(15-13-24)22(27)20(23)16-18-6-4-3-5-7-18;/h3-11,20H,2,12-16,23H2,1H3;1H. The Balaban J connectivity index is 0.00000280. The van der Waals surface area contributed by atoms with Crippen molar-refractivity contribution in [2.45, 2.75) is 25.8 Å². The summed E-state index contributed by atoms with van der Waals surface area (Å²) in [5.74, 6) is -0.0170. The number of carbonyl (C=O) groups is 2. The Hall–Kier alpha value is -2.37. The van der Waals surface area contributed by atoms with E-state index in [9.17, 15) is 9.59 Å². The summed E-state index contributed by atoms with van der Waals surface area (Å²) in [5.41, 5.74) is 9.10. The first-order chi connectivity index (χ1) is 13.1. The van der Waals surface area contributed by atoms with Crippen LogP contribution < -0.4 is 5.73 Å². The molecule has 1 aliphatic heterocycles. The van der Waals surface area contributed by atoms with Gasteiger partial charge in [-0.3, -0.25) is 9.59 Å². The van der Waals surface area contributed by atoms with Gasteiger partial charge in [-0.15, -0.1) is 12.4 Å². The molecule has 150 valence electrons. The number of carbonyl (C=O) groups excluding carboxylic acids is 2. The summed E-state index contributed by atoms with van der Waals surface area (Å²) >= 11 is 0. The fourth-order valence-electron chi connectivity index (χ4n) is 3.39. The average molecular weight is 402 g/mol. The van der Waals surface area contributed by atoms with Gasteiger partial charge < -0.3 is 15.5 Å². The first-order valence-corrected chi connectivity index (χ1v) is 9.55. The third kappa shape index (κ3) is 5.33. The highest BCUT2D eigenvalue weighted by Gasteiger charge is 2.27. The smallest absolute Gasteiger partial charge is 0.253 e. The van der Waals surface area contributed by atoms with E-state index in [1.807, 2.05) is 59.5 Å². The van der Waals surface area contributed by atoms with Gasteiger partial charge in [-0.2, -0.15) is 0 Å². The average Bonchev–Trinajstić information content (AvgIpc) is 2.73. The first-order valence-electron chi connectivity index (χ1n) is 9.55. The van der Waals surface area contributed by atoms with E-state index in [4.69, 9.17) is 5.73 Å². The molecular formula is C22H28ClN3O2. The zero-order valence-corrected chi connectivity index (χ0v) is 17.0. The fraction of sp³-hybridized carbons (Fsp3) is 0.364. The topological polar surface area (TPSA) is 66.6 Å². The van der Waals surface area contributed by atoms with Crippen LogP contribution in [0.25, 0.3) is 0 Å². The van der Waals surface area contributed by atoms with E-state index < -0.39 is 6.04 Å². The van der Waals surface area contributed by atoms with Gasteiger partial charge in [-0.05, 0) is 36.1 Å². The van der Waals surface area contributed by atoms with Gasteiger partial charge in [0.05, 0.1) is 6.04 Å². The van der Waals surface area contributed by atoms with Crippen LogP contribution in [-0.4, -0.2) is 53.8 Å². The highest BCUT2D eigenvalue weighted by Crippen LogP contribution is 2.12. The van der Waals surface area contributed by atoms with Crippen LogP contribution in [0.3, 0.4) is 0 Å². The van der Waals surface area contributed by atoms with Crippen LogP contribution in [0.1, 0.15) is 28.4 Å². The van der Waals surface area contributed by atoms with Gasteiger partial charge in [0.15, 0.2) is 0 Å². The lowest BCUT2D eigenvalue weighted by molar-refractivity contribution is -0.134. The summed E-state index contributed by atoms with van der Waals surface area (Å²) in [4.78, 5) is 28.9. The lowest BCUT2D eigenvalue weighted by Crippen LogP contribution is -2.54. The molecule has 1 atom stereocenters. The maximum Gasteiger partial charge on any atom is 0.253 e. The number of hydrogen-bond donors (Lipinski definition) is 1. The SMILES string of the molecule is CCc1ccc(C(=O)N2CCN(C(=O)C(N)Cc3ccccc3)CC2)cc1.Cl. The second kappa shape index (κ2) is 10.2. The van der Waals surface area contributed by atoms with Crippen molar-refractivity contribution in [2.24, 2.45) is 5.73 Å². The van der Waals surface area contributed by atoms with Crippen molar-refractivity contribution in [3.63, 3.8) is 0 Å². The van der Waals surface area contributed by atoms with E-state index in [-0.39, 0.29) is 24.2 Å². The van der Waals surface area contributed by atoms with Crippen molar-refractivity contribution >= 4 is 24.2 Å². The molecular weight excluding hydrogens is 374 g/mol. The van der Waals surface area contributed by atoms with Crippen molar-refractivity contribution in [2.75, 3.05) is 26.2 Å². The second-order valence-corrected chi connectivity index (χ2v) is 6.96. The molecule has 0 spiro atoms. The molecule has 5 nitrogen and oxygen atoms in total. The van der Waals surface area contributed by atoms with Crippen LogP contribution in [0.15, 0.2) is 54.6 Å². The van der Waals surface area contributed by atoms with E-state index in [1.165, 1.54) is 5.56 Å². The quantitative estimate of drug-likeness (QED) is 0.837. The Morgan fingerprint density at radius 3 is 2.04 bits per heavy atom. The summed E-state index contributed by atoms with van der Waals surface area (Å²) in [7, 11) is 0. The van der Waals surface area contributed by atoms with E-state index in [0.717, 1.165) is 12.0 Å². The normalized spacial score (nSPS) is 14.9. The molecule has 1 unspecified atom stereocenters. The van der Waals surface area contributed by atoms with Crippen LogP contribution in [0, 0.1) is 0 Å². The predicted molar refractivity (Wildman–Crippen MR) is 114 cm³/mol.